The van der Waals surface area contributed by atoms with Gasteiger partial charge in [0.15, 0.2) is 0 Å². The lowest BCUT2D eigenvalue weighted by Gasteiger charge is -2.31. The van der Waals surface area contributed by atoms with Crippen LogP contribution in [0.4, 0.5) is 0 Å². The van der Waals surface area contributed by atoms with E-state index >= 15 is 0 Å². The van der Waals surface area contributed by atoms with Crippen LogP contribution >= 0.6 is 0 Å². The number of phenols is 2. The van der Waals surface area contributed by atoms with Gasteiger partial charge < -0.3 is 15.1 Å². The lowest BCUT2D eigenvalue weighted by atomic mass is 9.78. The molecule has 0 atom stereocenters. The van der Waals surface area contributed by atoms with Crippen molar-refractivity contribution in [1.82, 2.24) is 9.80 Å². The van der Waals surface area contributed by atoms with Crippen molar-refractivity contribution in [2.24, 2.45) is 0 Å². The molecule has 30 heavy (non-hydrogen) atoms. The number of phenolic OH excluding ortho intramolecular Hbond substituents is 2. The van der Waals surface area contributed by atoms with E-state index in [-0.39, 0.29) is 10.8 Å². The number of hydrogen-bond acceptors (Lipinski definition) is 4. The van der Waals surface area contributed by atoms with E-state index in [9.17, 15) is 10.2 Å². The van der Waals surface area contributed by atoms with E-state index in [0.29, 0.717) is 24.6 Å². The van der Waals surface area contributed by atoms with Gasteiger partial charge in [0.1, 0.15) is 11.5 Å². The number of likely N-dealkylation sites (N-methyl/N-ethyl adjacent to an activating group) is 1. The zero-order valence-electron chi connectivity index (χ0n) is 20.1. The van der Waals surface area contributed by atoms with Crippen LogP contribution in [0, 0.1) is 0 Å². The lowest BCUT2D eigenvalue weighted by molar-refractivity contribution is 0.220. The molecule has 0 unspecified atom stereocenters. The Morgan fingerprint density at radius 1 is 0.767 bits per heavy atom. The quantitative estimate of drug-likeness (QED) is 0.651. The average molecular weight is 413 g/mol. The molecule has 2 rings (SSSR count). The van der Waals surface area contributed by atoms with Gasteiger partial charge in [-0.15, -0.1) is 0 Å². The lowest BCUT2D eigenvalue weighted by Crippen LogP contribution is -2.32. The number of hydrogen-bond donors (Lipinski definition) is 2. The van der Waals surface area contributed by atoms with Gasteiger partial charge in [-0.3, -0.25) is 4.90 Å². The van der Waals surface area contributed by atoms with Crippen LogP contribution in [0.3, 0.4) is 0 Å². The Kier molecular flexibility index (Phi) is 7.59. The Hall–Kier alpha value is -2.04. The van der Waals surface area contributed by atoms with E-state index in [1.54, 1.807) is 6.07 Å². The van der Waals surface area contributed by atoms with E-state index in [1.165, 1.54) is 5.56 Å². The third-order valence-corrected chi connectivity index (χ3v) is 5.53. The first-order valence-corrected chi connectivity index (χ1v) is 10.8. The Morgan fingerprint density at radius 2 is 1.40 bits per heavy atom. The molecule has 0 aliphatic carbocycles. The van der Waals surface area contributed by atoms with Gasteiger partial charge in [0.2, 0.25) is 0 Å². The highest BCUT2D eigenvalue weighted by molar-refractivity contribution is 5.48. The summed E-state index contributed by atoms with van der Waals surface area (Å²) in [5.74, 6) is 0.676. The number of para-hydroxylation sites is 1. The van der Waals surface area contributed by atoms with Gasteiger partial charge >= 0.3 is 0 Å². The molecule has 4 nitrogen and oxygen atoms in total. The van der Waals surface area contributed by atoms with Crippen LogP contribution < -0.4 is 0 Å². The predicted octanol–water partition coefficient (Wildman–Crippen LogP) is 5.26. The Bertz CT molecular complexity index is 845. The molecule has 0 aliphatic rings. The van der Waals surface area contributed by atoms with Gasteiger partial charge in [0.25, 0.3) is 0 Å². The molecule has 166 valence electrons. The summed E-state index contributed by atoms with van der Waals surface area (Å²) in [4.78, 5) is 4.46. The van der Waals surface area contributed by atoms with Crippen molar-refractivity contribution in [3.8, 4) is 11.5 Å². The molecule has 0 amide bonds. The fourth-order valence-electron chi connectivity index (χ4n) is 3.59. The van der Waals surface area contributed by atoms with Crippen molar-refractivity contribution in [3.05, 3.63) is 58.7 Å². The minimum absolute atomic E-state index is 0.0313. The third kappa shape index (κ3) is 6.48. The zero-order valence-corrected chi connectivity index (χ0v) is 20.1. The second kappa shape index (κ2) is 9.40. The fraction of sp³-hybridized carbons (Fsp3) is 0.538. The van der Waals surface area contributed by atoms with E-state index in [1.807, 2.05) is 24.3 Å². The molecular formula is C26H40N2O2. The van der Waals surface area contributed by atoms with E-state index in [0.717, 1.165) is 29.8 Å². The minimum Gasteiger partial charge on any atom is -0.508 e. The van der Waals surface area contributed by atoms with Crippen LogP contribution in [0.5, 0.6) is 11.5 Å². The summed E-state index contributed by atoms with van der Waals surface area (Å²) >= 11 is 0. The Morgan fingerprint density at radius 3 is 1.93 bits per heavy atom. The molecule has 2 N–H and O–H groups in total. The van der Waals surface area contributed by atoms with E-state index in [4.69, 9.17) is 0 Å². The van der Waals surface area contributed by atoms with Crippen molar-refractivity contribution >= 4 is 0 Å². The van der Waals surface area contributed by atoms with Crippen LogP contribution in [0.1, 0.15) is 63.8 Å². The van der Waals surface area contributed by atoms with Crippen LogP contribution in [0.2, 0.25) is 0 Å². The van der Waals surface area contributed by atoms with Crippen LogP contribution in [-0.2, 0) is 23.9 Å². The first-order valence-electron chi connectivity index (χ1n) is 10.8. The number of nitrogens with zero attached hydrogens (tertiary/aromatic N) is 2. The largest absolute Gasteiger partial charge is 0.508 e. The molecule has 0 bridgehead atoms. The summed E-state index contributed by atoms with van der Waals surface area (Å²) in [7, 11) is 4.13. The maximum absolute atomic E-state index is 11.1. The highest BCUT2D eigenvalue weighted by atomic mass is 16.3. The number of rotatable bonds is 7. The molecule has 2 aromatic carbocycles. The Balaban J connectivity index is 2.46. The number of benzene rings is 2. The first-order chi connectivity index (χ1) is 13.8. The van der Waals surface area contributed by atoms with Gasteiger partial charge in [-0.2, -0.15) is 0 Å². The molecule has 0 radical (unpaired) electrons. The zero-order chi connectivity index (χ0) is 22.7. The molecule has 0 saturated carbocycles. The highest BCUT2D eigenvalue weighted by Gasteiger charge is 2.26. The second-order valence-corrected chi connectivity index (χ2v) is 10.7. The molecular weight excluding hydrogens is 372 g/mol. The van der Waals surface area contributed by atoms with Gasteiger partial charge in [0.05, 0.1) is 0 Å². The van der Waals surface area contributed by atoms with Gasteiger partial charge in [-0.05, 0) is 48.2 Å². The second-order valence-electron chi connectivity index (χ2n) is 10.7. The summed E-state index contributed by atoms with van der Waals surface area (Å²) < 4.78 is 0. The van der Waals surface area contributed by atoms with Crippen molar-refractivity contribution in [2.75, 3.05) is 27.2 Å². The maximum Gasteiger partial charge on any atom is 0.120 e. The molecule has 0 heterocycles. The molecule has 0 aliphatic heterocycles. The van der Waals surface area contributed by atoms with Crippen molar-refractivity contribution in [2.45, 2.75) is 65.5 Å². The van der Waals surface area contributed by atoms with Gasteiger partial charge in [0, 0.05) is 37.3 Å². The van der Waals surface area contributed by atoms with E-state index in [2.05, 4.69) is 71.5 Å². The minimum atomic E-state index is -0.0871. The predicted molar refractivity (Wildman–Crippen MR) is 126 cm³/mol. The monoisotopic (exact) mass is 412 g/mol. The van der Waals surface area contributed by atoms with Crippen molar-refractivity contribution in [1.29, 1.82) is 0 Å². The van der Waals surface area contributed by atoms with E-state index < -0.39 is 0 Å². The SMILES string of the molecule is CN(C)CCN(Cc1ccccc1O)Cc1c(O)cc(C(C)(C)C)cc1C(C)(C)C. The molecule has 0 fully saturated rings. The summed E-state index contributed by atoms with van der Waals surface area (Å²) in [6.45, 7) is 16.1. The van der Waals surface area contributed by atoms with Gasteiger partial charge in [-0.25, -0.2) is 0 Å². The number of aromatic hydroxyl groups is 2. The highest BCUT2D eigenvalue weighted by Crippen LogP contribution is 2.37. The molecule has 0 aromatic heterocycles. The molecule has 4 heteroatoms. The van der Waals surface area contributed by atoms with Crippen molar-refractivity contribution in [3.63, 3.8) is 0 Å². The smallest absolute Gasteiger partial charge is 0.120 e. The molecule has 2 aromatic rings. The van der Waals surface area contributed by atoms with Gasteiger partial charge in [-0.1, -0.05) is 65.8 Å². The third-order valence-electron chi connectivity index (χ3n) is 5.53. The van der Waals surface area contributed by atoms with Crippen LogP contribution in [0.25, 0.3) is 0 Å². The summed E-state index contributed by atoms with van der Waals surface area (Å²) in [5.41, 5.74) is 4.09. The topological polar surface area (TPSA) is 46.9 Å². The first kappa shape index (κ1) is 24.2. The standard InChI is InChI=1S/C26H40N2O2/c1-25(2,3)20-15-22(26(4,5)6)21(24(30)16-20)18-28(14-13-27(7)8)17-19-11-9-10-12-23(19)29/h9-12,15-16,29-30H,13-14,17-18H2,1-8H3. The van der Waals surface area contributed by atoms with Crippen molar-refractivity contribution < 1.29 is 10.2 Å². The summed E-state index contributed by atoms with van der Waals surface area (Å²) in [6, 6.07) is 11.7. The average Bonchev–Trinajstić information content (AvgIpc) is 2.60. The van der Waals surface area contributed by atoms with Crippen LogP contribution in [0.15, 0.2) is 36.4 Å². The van der Waals surface area contributed by atoms with Crippen LogP contribution in [-0.4, -0.2) is 47.2 Å². The normalized spacial score (nSPS) is 12.7. The molecule has 0 saturated heterocycles. The molecule has 0 spiro atoms. The Labute approximate surface area is 183 Å². The maximum atomic E-state index is 11.1. The summed E-state index contributed by atoms with van der Waals surface area (Å²) in [6.07, 6.45) is 0. The summed E-state index contributed by atoms with van der Waals surface area (Å²) in [5, 5.41) is 21.3. The fourth-order valence-corrected chi connectivity index (χ4v) is 3.59.